The molecule has 24 heavy (non-hydrogen) atoms. The third kappa shape index (κ3) is 3.34. The molecule has 1 fully saturated rings. The number of piperidine rings is 1. The maximum absolute atomic E-state index is 12.8. The maximum atomic E-state index is 12.8. The van der Waals surface area contributed by atoms with Gasteiger partial charge in [0.05, 0.1) is 5.56 Å². The molecule has 5 nitrogen and oxygen atoms in total. The lowest BCUT2D eigenvalue weighted by Gasteiger charge is -2.32. The Morgan fingerprint density at radius 1 is 1.25 bits per heavy atom. The van der Waals surface area contributed by atoms with Crippen LogP contribution in [-0.2, 0) is 0 Å². The first-order valence-electron chi connectivity index (χ1n) is 8.42. The van der Waals surface area contributed by atoms with Crippen molar-refractivity contribution < 1.29 is 4.79 Å². The van der Waals surface area contributed by atoms with Crippen molar-refractivity contribution in [1.29, 1.82) is 0 Å². The van der Waals surface area contributed by atoms with Crippen LogP contribution in [0.25, 0.3) is 0 Å². The van der Waals surface area contributed by atoms with Gasteiger partial charge in [-0.1, -0.05) is 0 Å². The van der Waals surface area contributed by atoms with Crippen LogP contribution in [0.1, 0.15) is 54.8 Å². The van der Waals surface area contributed by atoms with Crippen LogP contribution in [0.2, 0.25) is 0 Å². The van der Waals surface area contributed by atoms with Gasteiger partial charge >= 0.3 is 0 Å². The molecule has 6 heteroatoms. The summed E-state index contributed by atoms with van der Waals surface area (Å²) in [5.41, 5.74) is 0.715. The first-order valence-corrected chi connectivity index (χ1v) is 9.65. The summed E-state index contributed by atoms with van der Waals surface area (Å²) in [6, 6.07) is 4.12. The Bertz CT molecular complexity index is 705. The van der Waals surface area contributed by atoms with Crippen LogP contribution in [0.15, 0.2) is 35.7 Å². The summed E-state index contributed by atoms with van der Waals surface area (Å²) in [4.78, 5) is 23.6. The molecule has 0 N–H and O–H groups in total. The molecule has 0 saturated carbocycles. The number of imidazole rings is 1. The lowest BCUT2D eigenvalue weighted by Crippen LogP contribution is -2.38. The van der Waals surface area contributed by atoms with E-state index in [2.05, 4.69) is 34.6 Å². The van der Waals surface area contributed by atoms with Crippen LogP contribution in [0.5, 0.6) is 0 Å². The Labute approximate surface area is 147 Å². The number of likely N-dealkylation sites (tertiary alicyclic amines) is 1. The molecule has 0 radical (unpaired) electrons. The zero-order chi connectivity index (χ0) is 17.1. The van der Waals surface area contributed by atoms with Crippen LogP contribution in [0, 0.1) is 0 Å². The van der Waals surface area contributed by atoms with Gasteiger partial charge in [-0.25, -0.2) is 9.97 Å². The fourth-order valence-electron chi connectivity index (χ4n) is 3.30. The third-order valence-corrected chi connectivity index (χ3v) is 5.31. The van der Waals surface area contributed by atoms with Crippen molar-refractivity contribution in [3.8, 4) is 0 Å². The number of rotatable bonds is 4. The molecule has 128 valence electrons. The van der Waals surface area contributed by atoms with Gasteiger partial charge in [0.25, 0.3) is 5.91 Å². The summed E-state index contributed by atoms with van der Waals surface area (Å²) in [6.07, 6.45) is 9.55. The first kappa shape index (κ1) is 17.0. The van der Waals surface area contributed by atoms with Gasteiger partial charge in [0, 0.05) is 43.6 Å². The first-order chi connectivity index (χ1) is 11.6. The summed E-state index contributed by atoms with van der Waals surface area (Å²) in [5, 5.41) is 0.806. The number of hydrogen-bond acceptors (Lipinski definition) is 4. The number of carbonyl (C=O) groups excluding carboxylic acids is 1. The monoisotopic (exact) mass is 344 g/mol. The third-order valence-electron chi connectivity index (χ3n) is 4.60. The molecule has 1 aliphatic rings. The summed E-state index contributed by atoms with van der Waals surface area (Å²) < 4.78 is 2.25. The van der Waals surface area contributed by atoms with Crippen molar-refractivity contribution >= 4 is 17.7 Å². The maximum Gasteiger partial charge on any atom is 0.256 e. The number of thioether (sulfide) groups is 1. The largest absolute Gasteiger partial charge is 0.339 e. The van der Waals surface area contributed by atoms with E-state index in [1.807, 2.05) is 29.5 Å². The molecule has 1 aliphatic heterocycles. The van der Waals surface area contributed by atoms with E-state index >= 15 is 0 Å². The Balaban J connectivity index is 1.69. The van der Waals surface area contributed by atoms with Gasteiger partial charge in [-0.15, -0.1) is 11.8 Å². The number of nitrogens with zero attached hydrogens (tertiary/aromatic N) is 4. The molecule has 1 saturated heterocycles. The molecule has 0 spiro atoms. The number of aromatic nitrogens is 3. The summed E-state index contributed by atoms with van der Waals surface area (Å²) in [7, 11) is 0. The van der Waals surface area contributed by atoms with E-state index in [0.29, 0.717) is 17.5 Å². The van der Waals surface area contributed by atoms with Crippen LogP contribution in [-0.4, -0.2) is 44.7 Å². The highest BCUT2D eigenvalue weighted by Gasteiger charge is 2.28. The Hall–Kier alpha value is -1.82. The summed E-state index contributed by atoms with van der Waals surface area (Å²) in [5.74, 6) is 1.68. The molecule has 3 heterocycles. The summed E-state index contributed by atoms with van der Waals surface area (Å²) >= 11 is 1.52. The van der Waals surface area contributed by atoms with E-state index in [-0.39, 0.29) is 5.91 Å². The lowest BCUT2D eigenvalue weighted by molar-refractivity contribution is 0.0705. The second-order valence-corrected chi connectivity index (χ2v) is 7.21. The second kappa shape index (κ2) is 7.38. The zero-order valence-electron chi connectivity index (χ0n) is 14.5. The van der Waals surface area contributed by atoms with Crippen molar-refractivity contribution in [2.45, 2.75) is 43.7 Å². The minimum atomic E-state index is 0.0955. The lowest BCUT2D eigenvalue weighted by atomic mass is 9.95. The van der Waals surface area contributed by atoms with Gasteiger partial charge in [0.15, 0.2) is 0 Å². The Kier molecular flexibility index (Phi) is 5.23. The molecule has 3 rings (SSSR count). The molecule has 0 aliphatic carbocycles. The molecule has 0 bridgehead atoms. The number of pyridine rings is 1. The predicted molar refractivity (Wildman–Crippen MR) is 96.5 cm³/mol. The fourth-order valence-corrected chi connectivity index (χ4v) is 3.85. The Morgan fingerprint density at radius 3 is 2.67 bits per heavy atom. The van der Waals surface area contributed by atoms with Gasteiger partial charge < -0.3 is 9.47 Å². The van der Waals surface area contributed by atoms with Gasteiger partial charge in [-0.3, -0.25) is 4.79 Å². The molecular weight excluding hydrogens is 320 g/mol. The second-order valence-electron chi connectivity index (χ2n) is 6.41. The molecule has 2 aromatic heterocycles. The summed E-state index contributed by atoms with van der Waals surface area (Å²) in [6.45, 7) is 5.90. The molecule has 0 unspecified atom stereocenters. The van der Waals surface area contributed by atoms with Crippen LogP contribution >= 0.6 is 11.8 Å². The molecule has 0 atom stereocenters. The number of carbonyl (C=O) groups is 1. The number of hydrogen-bond donors (Lipinski definition) is 0. The van der Waals surface area contributed by atoms with E-state index in [1.165, 1.54) is 11.8 Å². The van der Waals surface area contributed by atoms with E-state index in [4.69, 9.17) is 0 Å². The number of amides is 1. The quantitative estimate of drug-likeness (QED) is 0.795. The van der Waals surface area contributed by atoms with Crippen molar-refractivity contribution in [2.24, 2.45) is 0 Å². The molecule has 0 aromatic carbocycles. The van der Waals surface area contributed by atoms with Crippen LogP contribution in [0.4, 0.5) is 0 Å². The van der Waals surface area contributed by atoms with Gasteiger partial charge in [0.1, 0.15) is 10.9 Å². The van der Waals surface area contributed by atoms with Crippen LogP contribution < -0.4 is 0 Å². The fraction of sp³-hybridized carbons (Fsp3) is 0.500. The van der Waals surface area contributed by atoms with Gasteiger partial charge in [-0.05, 0) is 45.1 Å². The zero-order valence-corrected chi connectivity index (χ0v) is 15.3. The SMILES string of the molecule is CSc1ncccc1C(=O)N1CCC(c2nccn2C(C)C)CC1. The smallest absolute Gasteiger partial charge is 0.256 e. The topological polar surface area (TPSA) is 51.0 Å². The normalized spacial score (nSPS) is 15.9. The predicted octanol–water partition coefficient (Wildman–Crippen LogP) is 3.60. The van der Waals surface area contributed by atoms with E-state index in [1.54, 1.807) is 6.20 Å². The van der Waals surface area contributed by atoms with E-state index < -0.39 is 0 Å². The minimum absolute atomic E-state index is 0.0955. The minimum Gasteiger partial charge on any atom is -0.339 e. The van der Waals surface area contributed by atoms with E-state index in [0.717, 1.165) is 36.8 Å². The van der Waals surface area contributed by atoms with Gasteiger partial charge in [-0.2, -0.15) is 0 Å². The Morgan fingerprint density at radius 2 is 2.00 bits per heavy atom. The van der Waals surface area contributed by atoms with Crippen molar-refractivity contribution in [3.05, 3.63) is 42.1 Å². The molecule has 2 aromatic rings. The average Bonchev–Trinajstić information content (AvgIpc) is 3.11. The van der Waals surface area contributed by atoms with Crippen molar-refractivity contribution in [2.75, 3.05) is 19.3 Å². The van der Waals surface area contributed by atoms with E-state index in [9.17, 15) is 4.79 Å². The van der Waals surface area contributed by atoms with Crippen LogP contribution in [0.3, 0.4) is 0 Å². The molecular formula is C18H24N4OS. The standard InChI is InChI=1S/C18H24N4OS/c1-13(2)22-12-9-19-16(22)14-6-10-21(11-7-14)18(23)15-5-4-8-20-17(15)24-3/h4-5,8-9,12-14H,6-7,10-11H2,1-3H3. The highest BCUT2D eigenvalue weighted by atomic mass is 32.2. The molecule has 1 amide bonds. The average molecular weight is 344 g/mol. The highest BCUT2D eigenvalue weighted by molar-refractivity contribution is 7.98. The van der Waals surface area contributed by atoms with Crippen molar-refractivity contribution in [1.82, 2.24) is 19.4 Å². The van der Waals surface area contributed by atoms with Crippen molar-refractivity contribution in [3.63, 3.8) is 0 Å². The van der Waals surface area contributed by atoms with Gasteiger partial charge in [0.2, 0.25) is 0 Å². The highest BCUT2D eigenvalue weighted by Crippen LogP contribution is 2.29.